The van der Waals surface area contributed by atoms with E-state index in [9.17, 15) is 24.1 Å². The predicted octanol–water partition coefficient (Wildman–Crippen LogP) is 3.36. The van der Waals surface area contributed by atoms with Gasteiger partial charge in [-0.25, -0.2) is 4.39 Å². The molecule has 2 heterocycles. The molecule has 2 aromatic carbocycles. The van der Waals surface area contributed by atoms with Crippen LogP contribution in [0, 0.1) is 15.9 Å². The van der Waals surface area contributed by atoms with E-state index in [1.165, 1.54) is 48.5 Å². The number of para-hydroxylation sites is 1. The minimum Gasteiger partial charge on any atom is -0.312 e. The number of benzene rings is 2. The van der Waals surface area contributed by atoms with Gasteiger partial charge in [0.1, 0.15) is 16.4 Å². The number of aromatic nitrogens is 2. The van der Waals surface area contributed by atoms with E-state index in [0.717, 1.165) is 11.3 Å². The molecule has 9 nitrogen and oxygen atoms in total. The Bertz CT molecular complexity index is 1130. The van der Waals surface area contributed by atoms with Gasteiger partial charge in [-0.15, -0.1) is 10.2 Å². The Hall–Kier alpha value is -3.73. The fourth-order valence-corrected chi connectivity index (χ4v) is 4.01. The quantitative estimate of drug-likeness (QED) is 0.493. The van der Waals surface area contributed by atoms with Gasteiger partial charge < -0.3 is 4.90 Å². The van der Waals surface area contributed by atoms with Crippen LogP contribution in [-0.4, -0.2) is 33.5 Å². The Morgan fingerprint density at radius 1 is 1.20 bits per heavy atom. The topological polar surface area (TPSA) is 118 Å². The predicted molar refractivity (Wildman–Crippen MR) is 107 cm³/mol. The van der Waals surface area contributed by atoms with Crippen LogP contribution in [0.25, 0.3) is 0 Å². The fourth-order valence-electron chi connectivity index (χ4n) is 3.18. The number of anilines is 2. The minimum absolute atomic E-state index is 0.0854. The molecule has 1 aromatic heterocycles. The highest BCUT2D eigenvalue weighted by molar-refractivity contribution is 7.15. The molecule has 1 aliphatic rings. The van der Waals surface area contributed by atoms with Crippen molar-refractivity contribution < 1.29 is 18.9 Å². The van der Waals surface area contributed by atoms with Crippen molar-refractivity contribution in [1.29, 1.82) is 0 Å². The molecule has 1 saturated heterocycles. The SMILES string of the molecule is O=C(Nc1nnc(C2CC(=O)N(c3ccc(F)cc3)C2)s1)c1ccccc1[N+](=O)[O-]. The fraction of sp³-hybridized carbons (Fsp3) is 0.158. The Labute approximate surface area is 173 Å². The van der Waals surface area contributed by atoms with E-state index < -0.39 is 10.8 Å². The molecule has 4 rings (SSSR count). The zero-order chi connectivity index (χ0) is 21.3. The first-order valence-electron chi connectivity index (χ1n) is 8.86. The first-order chi connectivity index (χ1) is 14.4. The van der Waals surface area contributed by atoms with Gasteiger partial charge in [-0.05, 0) is 30.3 Å². The number of carbonyl (C=O) groups is 2. The highest BCUT2D eigenvalue weighted by Crippen LogP contribution is 2.34. The number of hydrogen-bond donors (Lipinski definition) is 1. The van der Waals surface area contributed by atoms with E-state index >= 15 is 0 Å². The number of nitro benzene ring substituents is 1. The Morgan fingerprint density at radius 3 is 2.67 bits per heavy atom. The summed E-state index contributed by atoms with van der Waals surface area (Å²) in [6.07, 6.45) is 0.212. The second-order valence-corrected chi connectivity index (χ2v) is 7.56. The van der Waals surface area contributed by atoms with Crippen molar-refractivity contribution in [1.82, 2.24) is 10.2 Å². The Morgan fingerprint density at radius 2 is 1.93 bits per heavy atom. The van der Waals surface area contributed by atoms with Gasteiger partial charge in [-0.3, -0.25) is 25.0 Å². The molecule has 152 valence electrons. The van der Waals surface area contributed by atoms with E-state index in [1.807, 2.05) is 0 Å². The maximum atomic E-state index is 13.1. The smallest absolute Gasteiger partial charge is 0.282 e. The molecular formula is C19H14FN5O4S. The monoisotopic (exact) mass is 427 g/mol. The number of halogens is 1. The third kappa shape index (κ3) is 3.87. The van der Waals surface area contributed by atoms with E-state index in [4.69, 9.17) is 0 Å². The van der Waals surface area contributed by atoms with Crippen molar-refractivity contribution in [2.24, 2.45) is 0 Å². The van der Waals surface area contributed by atoms with Crippen LogP contribution < -0.4 is 10.2 Å². The summed E-state index contributed by atoms with van der Waals surface area (Å²) in [5, 5.41) is 22.3. The summed E-state index contributed by atoms with van der Waals surface area (Å²) in [5.41, 5.74) is 0.201. The van der Waals surface area contributed by atoms with Crippen LogP contribution in [0.15, 0.2) is 48.5 Å². The third-order valence-corrected chi connectivity index (χ3v) is 5.62. The molecule has 0 spiro atoms. The van der Waals surface area contributed by atoms with Crippen molar-refractivity contribution in [3.63, 3.8) is 0 Å². The molecule has 1 unspecified atom stereocenters. The lowest BCUT2D eigenvalue weighted by Gasteiger charge is -2.16. The highest BCUT2D eigenvalue weighted by Gasteiger charge is 2.34. The molecule has 30 heavy (non-hydrogen) atoms. The zero-order valence-corrected chi connectivity index (χ0v) is 16.1. The molecule has 3 aromatic rings. The number of hydrogen-bond acceptors (Lipinski definition) is 7. The summed E-state index contributed by atoms with van der Waals surface area (Å²) in [5.74, 6) is -1.39. The second kappa shape index (κ2) is 7.95. The van der Waals surface area contributed by atoms with E-state index in [1.54, 1.807) is 4.90 Å². The van der Waals surface area contributed by atoms with E-state index in [0.29, 0.717) is 17.2 Å². The number of carbonyl (C=O) groups excluding carboxylic acids is 2. The van der Waals surface area contributed by atoms with Crippen molar-refractivity contribution in [3.8, 4) is 0 Å². The van der Waals surface area contributed by atoms with Crippen molar-refractivity contribution in [2.75, 3.05) is 16.8 Å². The molecule has 0 saturated carbocycles. The largest absolute Gasteiger partial charge is 0.312 e. The van der Waals surface area contributed by atoms with Crippen molar-refractivity contribution in [2.45, 2.75) is 12.3 Å². The van der Waals surface area contributed by atoms with Crippen LogP contribution in [0.5, 0.6) is 0 Å². The van der Waals surface area contributed by atoms with Crippen LogP contribution in [0.3, 0.4) is 0 Å². The van der Waals surface area contributed by atoms with Gasteiger partial charge in [-0.1, -0.05) is 23.5 Å². The Kier molecular flexibility index (Phi) is 5.19. The van der Waals surface area contributed by atoms with Gasteiger partial charge >= 0.3 is 0 Å². The third-order valence-electron chi connectivity index (χ3n) is 4.62. The van der Waals surface area contributed by atoms with Crippen molar-refractivity contribution >= 4 is 39.7 Å². The summed E-state index contributed by atoms with van der Waals surface area (Å²) in [6.45, 7) is 0.358. The maximum absolute atomic E-state index is 13.1. The molecule has 11 heteroatoms. The summed E-state index contributed by atoms with van der Waals surface area (Å²) < 4.78 is 13.1. The number of amides is 2. The first kappa shape index (κ1) is 19.6. The van der Waals surface area contributed by atoms with Gasteiger partial charge in [0.05, 0.1) is 4.92 Å². The maximum Gasteiger partial charge on any atom is 0.282 e. The van der Waals surface area contributed by atoms with E-state index in [-0.39, 0.29) is 40.4 Å². The van der Waals surface area contributed by atoms with Gasteiger partial charge in [0.15, 0.2) is 0 Å². The lowest BCUT2D eigenvalue weighted by molar-refractivity contribution is -0.385. The van der Waals surface area contributed by atoms with Gasteiger partial charge in [0.2, 0.25) is 11.0 Å². The summed E-state index contributed by atoms with van der Waals surface area (Å²) in [7, 11) is 0. The normalized spacial score (nSPS) is 16.0. The molecule has 1 N–H and O–H groups in total. The summed E-state index contributed by atoms with van der Waals surface area (Å²) in [6, 6.07) is 11.3. The summed E-state index contributed by atoms with van der Waals surface area (Å²) >= 11 is 1.11. The number of rotatable bonds is 5. The average Bonchev–Trinajstić information content (AvgIpc) is 3.35. The molecule has 2 amide bonds. The standard InChI is InChI=1S/C19H14FN5O4S/c20-12-5-7-13(8-6-12)24-10-11(9-16(24)26)18-22-23-19(30-18)21-17(27)14-3-1-2-4-15(14)25(28)29/h1-8,11H,9-10H2,(H,21,23,27). The van der Waals surface area contributed by atoms with Crippen LogP contribution in [0.1, 0.15) is 27.7 Å². The molecule has 0 aliphatic carbocycles. The number of nitro groups is 1. The lowest BCUT2D eigenvalue weighted by Crippen LogP contribution is -2.24. The average molecular weight is 427 g/mol. The highest BCUT2D eigenvalue weighted by atomic mass is 32.1. The van der Waals surface area contributed by atoms with E-state index in [2.05, 4.69) is 15.5 Å². The Balaban J connectivity index is 1.47. The zero-order valence-electron chi connectivity index (χ0n) is 15.3. The summed E-state index contributed by atoms with van der Waals surface area (Å²) in [4.78, 5) is 36.8. The first-order valence-corrected chi connectivity index (χ1v) is 9.68. The minimum atomic E-state index is -0.666. The van der Waals surface area contributed by atoms with Crippen LogP contribution in [0.2, 0.25) is 0 Å². The molecule has 1 fully saturated rings. The van der Waals surface area contributed by atoms with Crippen molar-refractivity contribution in [3.05, 3.63) is 75.0 Å². The van der Waals surface area contributed by atoms with Gasteiger partial charge in [0, 0.05) is 30.6 Å². The molecule has 0 radical (unpaired) electrons. The van der Waals surface area contributed by atoms with Crippen LogP contribution >= 0.6 is 11.3 Å². The number of nitrogens with one attached hydrogen (secondary N) is 1. The van der Waals surface area contributed by atoms with Gasteiger partial charge in [-0.2, -0.15) is 0 Å². The second-order valence-electron chi connectivity index (χ2n) is 6.56. The van der Waals surface area contributed by atoms with Gasteiger partial charge in [0.25, 0.3) is 11.6 Å². The van der Waals surface area contributed by atoms with Crippen LogP contribution in [-0.2, 0) is 4.79 Å². The number of nitrogens with zero attached hydrogens (tertiary/aromatic N) is 4. The molecule has 0 bridgehead atoms. The molecule has 1 aliphatic heterocycles. The molecular weight excluding hydrogens is 413 g/mol. The molecule has 1 atom stereocenters. The van der Waals surface area contributed by atoms with Crippen LogP contribution in [0.4, 0.5) is 20.9 Å². The lowest BCUT2D eigenvalue weighted by atomic mass is 10.1.